The van der Waals surface area contributed by atoms with Crippen LogP contribution in [0, 0.1) is 0 Å². The third-order valence-corrected chi connectivity index (χ3v) is 3.39. The number of hydrogen-bond donors (Lipinski definition) is 1. The zero-order valence-electron chi connectivity index (χ0n) is 9.93. The molecule has 2 aliphatic rings. The molecule has 1 aromatic heterocycles. The molecule has 1 atom stereocenters. The molecule has 0 aliphatic carbocycles. The molecule has 1 aromatic rings. The summed E-state index contributed by atoms with van der Waals surface area (Å²) in [5.74, 6) is 0.986. The molecule has 5 nitrogen and oxygen atoms in total. The van der Waals surface area contributed by atoms with Gasteiger partial charge in [-0.2, -0.15) is 0 Å². The van der Waals surface area contributed by atoms with Crippen molar-refractivity contribution in [2.24, 2.45) is 0 Å². The Morgan fingerprint density at radius 2 is 2.18 bits per heavy atom. The van der Waals surface area contributed by atoms with Crippen LogP contribution in [0.1, 0.15) is 24.6 Å². The molecule has 92 valence electrons. The smallest absolute Gasteiger partial charge is 0.147 e. The Labute approximate surface area is 101 Å². The van der Waals surface area contributed by atoms with Gasteiger partial charge >= 0.3 is 0 Å². The maximum absolute atomic E-state index is 5.35. The van der Waals surface area contributed by atoms with Crippen molar-refractivity contribution in [3.63, 3.8) is 0 Å². The summed E-state index contributed by atoms with van der Waals surface area (Å²) in [5, 5.41) is 3.46. The van der Waals surface area contributed by atoms with E-state index in [1.165, 1.54) is 12.8 Å². The molecule has 2 aliphatic heterocycles. The molecule has 2 saturated heterocycles. The van der Waals surface area contributed by atoms with Crippen LogP contribution in [0.5, 0.6) is 0 Å². The number of nitrogens with zero attached hydrogens (tertiary/aromatic N) is 3. The van der Waals surface area contributed by atoms with Crippen molar-refractivity contribution in [2.75, 3.05) is 37.7 Å². The lowest BCUT2D eigenvalue weighted by molar-refractivity contribution is 0.122. The Kier molecular flexibility index (Phi) is 3.20. The lowest BCUT2D eigenvalue weighted by Crippen LogP contribution is -2.37. The largest absolute Gasteiger partial charge is 0.378 e. The van der Waals surface area contributed by atoms with Gasteiger partial charge in [-0.25, -0.2) is 4.98 Å². The normalized spacial score (nSPS) is 25.2. The van der Waals surface area contributed by atoms with Gasteiger partial charge in [0.05, 0.1) is 37.3 Å². The maximum Gasteiger partial charge on any atom is 0.147 e. The van der Waals surface area contributed by atoms with Crippen LogP contribution in [0.25, 0.3) is 0 Å². The Balaban J connectivity index is 1.77. The average Bonchev–Trinajstić information content (AvgIpc) is 2.94. The number of ether oxygens (including phenoxy) is 1. The van der Waals surface area contributed by atoms with Crippen LogP contribution in [0.15, 0.2) is 12.4 Å². The summed E-state index contributed by atoms with van der Waals surface area (Å²) in [6, 6.07) is 0.392. The topological polar surface area (TPSA) is 50.3 Å². The molecule has 0 spiro atoms. The number of nitrogens with one attached hydrogen (secondary N) is 1. The molecule has 0 saturated carbocycles. The Bertz CT molecular complexity index is 373. The van der Waals surface area contributed by atoms with Crippen molar-refractivity contribution in [3.8, 4) is 0 Å². The monoisotopic (exact) mass is 234 g/mol. The van der Waals surface area contributed by atoms with Gasteiger partial charge in [-0.1, -0.05) is 0 Å². The molecule has 3 heterocycles. The van der Waals surface area contributed by atoms with E-state index in [4.69, 9.17) is 9.72 Å². The highest BCUT2D eigenvalue weighted by atomic mass is 16.5. The zero-order chi connectivity index (χ0) is 11.5. The summed E-state index contributed by atoms with van der Waals surface area (Å²) in [6.07, 6.45) is 6.13. The standard InChI is InChI=1S/C12H18N4O/c1-2-10(14-3-1)11-8-13-9-12(15-11)16-4-6-17-7-5-16/h8-10,14H,1-7H2. The average molecular weight is 234 g/mol. The minimum Gasteiger partial charge on any atom is -0.378 e. The minimum absolute atomic E-state index is 0.392. The highest BCUT2D eigenvalue weighted by Crippen LogP contribution is 2.22. The number of aromatic nitrogens is 2. The highest BCUT2D eigenvalue weighted by molar-refractivity contribution is 5.37. The fourth-order valence-electron chi connectivity index (χ4n) is 2.42. The van der Waals surface area contributed by atoms with E-state index in [-0.39, 0.29) is 0 Å². The quantitative estimate of drug-likeness (QED) is 0.818. The number of morpholine rings is 1. The van der Waals surface area contributed by atoms with E-state index in [9.17, 15) is 0 Å². The summed E-state index contributed by atoms with van der Waals surface area (Å²) in [5.41, 5.74) is 1.08. The Morgan fingerprint density at radius 3 is 2.94 bits per heavy atom. The lowest BCUT2D eigenvalue weighted by Gasteiger charge is -2.28. The van der Waals surface area contributed by atoms with Gasteiger partial charge in [-0.15, -0.1) is 0 Å². The van der Waals surface area contributed by atoms with Gasteiger partial charge in [0.1, 0.15) is 5.82 Å². The third-order valence-electron chi connectivity index (χ3n) is 3.39. The van der Waals surface area contributed by atoms with E-state index in [0.29, 0.717) is 6.04 Å². The summed E-state index contributed by atoms with van der Waals surface area (Å²) in [6.45, 7) is 4.49. The molecule has 17 heavy (non-hydrogen) atoms. The van der Waals surface area contributed by atoms with Crippen molar-refractivity contribution in [2.45, 2.75) is 18.9 Å². The van der Waals surface area contributed by atoms with Crippen LogP contribution in [0.4, 0.5) is 5.82 Å². The molecule has 0 bridgehead atoms. The van der Waals surface area contributed by atoms with Crippen molar-refractivity contribution < 1.29 is 4.74 Å². The SMILES string of the molecule is c1ncc(N2CCOCC2)nc1C1CCCN1. The second-order valence-electron chi connectivity index (χ2n) is 4.55. The summed E-state index contributed by atoms with van der Waals surface area (Å²) in [7, 11) is 0. The molecule has 2 fully saturated rings. The van der Waals surface area contributed by atoms with Gasteiger partial charge in [0, 0.05) is 13.1 Å². The fraction of sp³-hybridized carbons (Fsp3) is 0.667. The van der Waals surface area contributed by atoms with E-state index in [2.05, 4.69) is 15.2 Å². The Morgan fingerprint density at radius 1 is 1.29 bits per heavy atom. The molecule has 0 amide bonds. The predicted molar refractivity (Wildman–Crippen MR) is 65.0 cm³/mol. The first-order valence-corrected chi connectivity index (χ1v) is 6.31. The molecular formula is C12H18N4O. The first-order chi connectivity index (χ1) is 8.43. The van der Waals surface area contributed by atoms with Crippen molar-refractivity contribution in [3.05, 3.63) is 18.1 Å². The van der Waals surface area contributed by atoms with E-state index in [0.717, 1.165) is 44.4 Å². The van der Waals surface area contributed by atoms with Crippen molar-refractivity contribution in [1.82, 2.24) is 15.3 Å². The van der Waals surface area contributed by atoms with Gasteiger partial charge in [0.25, 0.3) is 0 Å². The molecule has 3 rings (SSSR count). The number of hydrogen-bond acceptors (Lipinski definition) is 5. The minimum atomic E-state index is 0.392. The molecule has 0 aromatic carbocycles. The van der Waals surface area contributed by atoms with Crippen LogP contribution >= 0.6 is 0 Å². The van der Waals surface area contributed by atoms with E-state index in [1.807, 2.05) is 12.4 Å². The van der Waals surface area contributed by atoms with E-state index >= 15 is 0 Å². The molecule has 1 unspecified atom stereocenters. The van der Waals surface area contributed by atoms with Gasteiger partial charge < -0.3 is 15.0 Å². The summed E-state index contributed by atoms with van der Waals surface area (Å²) < 4.78 is 5.35. The molecule has 1 N–H and O–H groups in total. The van der Waals surface area contributed by atoms with E-state index < -0.39 is 0 Å². The zero-order valence-corrected chi connectivity index (χ0v) is 9.93. The predicted octanol–water partition coefficient (Wildman–Crippen LogP) is 0.738. The summed E-state index contributed by atoms with van der Waals surface area (Å²) >= 11 is 0. The van der Waals surface area contributed by atoms with Gasteiger partial charge in [-0.3, -0.25) is 4.98 Å². The fourth-order valence-corrected chi connectivity index (χ4v) is 2.42. The van der Waals surface area contributed by atoms with Crippen LogP contribution in [0.2, 0.25) is 0 Å². The van der Waals surface area contributed by atoms with Gasteiger partial charge in [0.15, 0.2) is 0 Å². The third kappa shape index (κ3) is 2.40. The number of rotatable bonds is 2. The first kappa shape index (κ1) is 10.9. The van der Waals surface area contributed by atoms with Crippen LogP contribution in [-0.2, 0) is 4.74 Å². The van der Waals surface area contributed by atoms with E-state index in [1.54, 1.807) is 0 Å². The van der Waals surface area contributed by atoms with Crippen LogP contribution in [0.3, 0.4) is 0 Å². The van der Waals surface area contributed by atoms with Gasteiger partial charge in [0.2, 0.25) is 0 Å². The second-order valence-corrected chi connectivity index (χ2v) is 4.55. The Hall–Kier alpha value is -1.20. The molecule has 0 radical (unpaired) electrons. The first-order valence-electron chi connectivity index (χ1n) is 6.31. The van der Waals surface area contributed by atoms with Crippen molar-refractivity contribution >= 4 is 5.82 Å². The lowest BCUT2D eigenvalue weighted by atomic mass is 10.2. The van der Waals surface area contributed by atoms with Crippen LogP contribution in [-0.4, -0.2) is 42.8 Å². The van der Waals surface area contributed by atoms with Gasteiger partial charge in [-0.05, 0) is 19.4 Å². The molecule has 5 heteroatoms. The van der Waals surface area contributed by atoms with Crippen molar-refractivity contribution in [1.29, 1.82) is 0 Å². The summed E-state index contributed by atoms with van der Waals surface area (Å²) in [4.78, 5) is 11.3. The maximum atomic E-state index is 5.35. The molecular weight excluding hydrogens is 216 g/mol. The van der Waals surface area contributed by atoms with Crippen LogP contribution < -0.4 is 10.2 Å². The number of anilines is 1. The second kappa shape index (κ2) is 4.98. The highest BCUT2D eigenvalue weighted by Gasteiger charge is 2.19.